The summed E-state index contributed by atoms with van der Waals surface area (Å²) in [5.74, 6) is -0.466. The van der Waals surface area contributed by atoms with E-state index in [4.69, 9.17) is 5.14 Å². The maximum Gasteiger partial charge on any atom is 0.253 e. The van der Waals surface area contributed by atoms with Crippen LogP contribution in [0.4, 0.5) is 0 Å². The third-order valence-electron chi connectivity index (χ3n) is 2.79. The summed E-state index contributed by atoms with van der Waals surface area (Å²) in [5, 5.41) is 5.03. The van der Waals surface area contributed by atoms with Gasteiger partial charge in [0.05, 0.1) is 9.79 Å². The summed E-state index contributed by atoms with van der Waals surface area (Å²) in [6.45, 7) is 2.35. The Labute approximate surface area is 124 Å². The molecule has 21 heavy (non-hydrogen) atoms. The van der Waals surface area contributed by atoms with Gasteiger partial charge in [0.2, 0.25) is 10.0 Å². The van der Waals surface area contributed by atoms with Gasteiger partial charge in [-0.25, -0.2) is 22.0 Å². The van der Waals surface area contributed by atoms with Gasteiger partial charge < -0.3 is 4.90 Å². The Balaban J connectivity index is 3.50. The van der Waals surface area contributed by atoms with E-state index in [9.17, 15) is 21.6 Å². The molecule has 0 bridgehead atoms. The second-order valence-electron chi connectivity index (χ2n) is 4.74. The summed E-state index contributed by atoms with van der Waals surface area (Å²) < 4.78 is 46.1. The monoisotopic (exact) mass is 334 g/mol. The molecule has 2 N–H and O–H groups in total. The van der Waals surface area contributed by atoms with Crippen molar-refractivity contribution in [2.45, 2.75) is 23.1 Å². The Morgan fingerprint density at radius 3 is 2.10 bits per heavy atom. The lowest BCUT2D eigenvalue weighted by Gasteiger charge is -2.17. The van der Waals surface area contributed by atoms with E-state index in [2.05, 4.69) is 0 Å². The standard InChI is InChI=1S/C12H18N2O5S2/c1-4-5-14(2)12(15)9-6-10(20(3,16)17)8-11(7-9)21(13,18)19/h6-8H,4-5H2,1-3H3,(H2,13,18,19). The van der Waals surface area contributed by atoms with Crippen LogP contribution in [0.5, 0.6) is 0 Å². The third-order valence-corrected chi connectivity index (χ3v) is 4.77. The number of rotatable bonds is 5. The highest BCUT2D eigenvalue weighted by atomic mass is 32.2. The van der Waals surface area contributed by atoms with Gasteiger partial charge in [-0.2, -0.15) is 0 Å². The number of carbonyl (C=O) groups excluding carboxylic acids is 1. The van der Waals surface area contributed by atoms with Gasteiger partial charge in [0.25, 0.3) is 5.91 Å². The number of carbonyl (C=O) groups is 1. The zero-order valence-corrected chi connectivity index (χ0v) is 13.7. The number of hydrogen-bond donors (Lipinski definition) is 1. The summed E-state index contributed by atoms with van der Waals surface area (Å²) in [6, 6.07) is 3.18. The van der Waals surface area contributed by atoms with E-state index < -0.39 is 30.7 Å². The van der Waals surface area contributed by atoms with E-state index in [0.717, 1.165) is 30.9 Å². The van der Waals surface area contributed by atoms with Crippen molar-refractivity contribution in [1.29, 1.82) is 0 Å². The van der Waals surface area contributed by atoms with Gasteiger partial charge in [0.15, 0.2) is 9.84 Å². The van der Waals surface area contributed by atoms with Crippen LogP contribution in [0.3, 0.4) is 0 Å². The molecule has 0 radical (unpaired) electrons. The maximum atomic E-state index is 12.2. The number of nitrogens with two attached hydrogens (primary N) is 1. The zero-order valence-electron chi connectivity index (χ0n) is 12.0. The molecule has 0 saturated carbocycles. The van der Waals surface area contributed by atoms with Crippen molar-refractivity contribution in [3.63, 3.8) is 0 Å². The van der Waals surface area contributed by atoms with Gasteiger partial charge in [-0.15, -0.1) is 0 Å². The van der Waals surface area contributed by atoms with Gasteiger partial charge in [-0.1, -0.05) is 6.92 Å². The third kappa shape index (κ3) is 4.51. The van der Waals surface area contributed by atoms with Crippen molar-refractivity contribution in [2.24, 2.45) is 5.14 Å². The molecule has 0 aliphatic heterocycles. The minimum atomic E-state index is -4.11. The van der Waals surface area contributed by atoms with Gasteiger partial charge >= 0.3 is 0 Å². The topological polar surface area (TPSA) is 115 Å². The van der Waals surface area contributed by atoms with Crippen LogP contribution in [0, 0.1) is 0 Å². The highest BCUT2D eigenvalue weighted by molar-refractivity contribution is 7.91. The molecule has 0 unspecified atom stereocenters. The quantitative estimate of drug-likeness (QED) is 0.827. The first-order valence-electron chi connectivity index (χ1n) is 6.10. The first-order chi connectivity index (χ1) is 9.46. The lowest BCUT2D eigenvalue weighted by molar-refractivity contribution is 0.0794. The molecule has 0 aliphatic carbocycles. The summed E-state index contributed by atoms with van der Waals surface area (Å²) >= 11 is 0. The SMILES string of the molecule is CCCN(C)C(=O)c1cc(S(C)(=O)=O)cc(S(N)(=O)=O)c1. The van der Waals surface area contributed by atoms with Crippen LogP contribution >= 0.6 is 0 Å². The van der Waals surface area contributed by atoms with Crippen LogP contribution < -0.4 is 5.14 Å². The highest BCUT2D eigenvalue weighted by Crippen LogP contribution is 2.19. The molecule has 0 aromatic heterocycles. The Morgan fingerprint density at radius 1 is 1.14 bits per heavy atom. The molecule has 0 spiro atoms. The Bertz CT molecular complexity index is 704. The first-order valence-corrected chi connectivity index (χ1v) is 9.54. The molecular weight excluding hydrogens is 316 g/mol. The van der Waals surface area contributed by atoms with E-state index in [0.29, 0.717) is 6.54 Å². The minimum absolute atomic E-state index is 0.0297. The van der Waals surface area contributed by atoms with Gasteiger partial charge in [-0.3, -0.25) is 4.79 Å². The molecule has 0 atom stereocenters. The van der Waals surface area contributed by atoms with Crippen molar-refractivity contribution in [2.75, 3.05) is 19.8 Å². The zero-order chi connectivity index (χ0) is 16.4. The second kappa shape index (κ2) is 6.12. The van der Waals surface area contributed by atoms with Crippen LogP contribution in [0.25, 0.3) is 0 Å². The predicted octanol–water partition coefficient (Wildman–Crippen LogP) is 0.220. The number of sulfone groups is 1. The fraction of sp³-hybridized carbons (Fsp3) is 0.417. The maximum absolute atomic E-state index is 12.2. The first kappa shape index (κ1) is 17.6. The Kier molecular flexibility index (Phi) is 5.13. The smallest absolute Gasteiger partial charge is 0.253 e. The summed E-state index contributed by atoms with van der Waals surface area (Å²) in [4.78, 5) is 12.9. The highest BCUT2D eigenvalue weighted by Gasteiger charge is 2.20. The number of amides is 1. The molecule has 1 rings (SSSR count). The van der Waals surface area contributed by atoms with Crippen LogP contribution in [0.2, 0.25) is 0 Å². The fourth-order valence-corrected chi connectivity index (χ4v) is 3.07. The van der Waals surface area contributed by atoms with E-state index in [1.807, 2.05) is 6.92 Å². The fourth-order valence-electron chi connectivity index (χ4n) is 1.73. The van der Waals surface area contributed by atoms with Crippen LogP contribution in [0.1, 0.15) is 23.7 Å². The molecular formula is C12H18N2O5S2. The number of benzene rings is 1. The Hall–Kier alpha value is -1.45. The van der Waals surface area contributed by atoms with Crippen LogP contribution in [0.15, 0.2) is 28.0 Å². The largest absolute Gasteiger partial charge is 0.342 e. The molecule has 0 aliphatic rings. The Morgan fingerprint density at radius 2 is 1.67 bits per heavy atom. The summed E-state index contributed by atoms with van der Waals surface area (Å²) in [5.41, 5.74) is -0.0297. The van der Waals surface area contributed by atoms with E-state index >= 15 is 0 Å². The lowest BCUT2D eigenvalue weighted by Crippen LogP contribution is -2.28. The number of primary sulfonamides is 1. The minimum Gasteiger partial charge on any atom is -0.342 e. The summed E-state index contributed by atoms with van der Waals surface area (Å²) in [6.07, 6.45) is 1.65. The lowest BCUT2D eigenvalue weighted by atomic mass is 10.2. The number of hydrogen-bond acceptors (Lipinski definition) is 5. The number of sulfonamides is 1. The molecule has 7 nitrogen and oxygen atoms in total. The van der Waals surface area contributed by atoms with E-state index in [1.165, 1.54) is 4.90 Å². The average molecular weight is 334 g/mol. The molecule has 0 heterocycles. The van der Waals surface area contributed by atoms with E-state index in [1.54, 1.807) is 7.05 Å². The van der Waals surface area contributed by atoms with Gasteiger partial charge in [0.1, 0.15) is 0 Å². The molecule has 1 aromatic carbocycles. The molecule has 9 heteroatoms. The van der Waals surface area contributed by atoms with Gasteiger partial charge in [-0.05, 0) is 24.6 Å². The van der Waals surface area contributed by atoms with Crippen LogP contribution in [-0.2, 0) is 19.9 Å². The molecule has 0 fully saturated rings. The predicted molar refractivity (Wildman–Crippen MR) is 78.2 cm³/mol. The van der Waals surface area contributed by atoms with Crippen LogP contribution in [-0.4, -0.2) is 47.5 Å². The van der Waals surface area contributed by atoms with Crippen molar-refractivity contribution in [3.05, 3.63) is 23.8 Å². The second-order valence-corrected chi connectivity index (χ2v) is 8.31. The normalized spacial score (nSPS) is 12.2. The van der Waals surface area contributed by atoms with Crippen molar-refractivity contribution in [3.8, 4) is 0 Å². The van der Waals surface area contributed by atoms with Crippen molar-refractivity contribution in [1.82, 2.24) is 4.90 Å². The van der Waals surface area contributed by atoms with Gasteiger partial charge in [0, 0.05) is 25.4 Å². The summed E-state index contributed by atoms with van der Waals surface area (Å²) in [7, 11) is -6.23. The molecule has 118 valence electrons. The molecule has 0 saturated heterocycles. The molecule has 1 aromatic rings. The molecule has 1 amide bonds. The average Bonchev–Trinajstić information content (AvgIpc) is 2.35. The van der Waals surface area contributed by atoms with E-state index in [-0.39, 0.29) is 10.5 Å². The van der Waals surface area contributed by atoms with Crippen molar-refractivity contribution < 1.29 is 21.6 Å². The number of nitrogens with zero attached hydrogens (tertiary/aromatic N) is 1. The van der Waals surface area contributed by atoms with Crippen molar-refractivity contribution >= 4 is 25.8 Å².